The smallest absolute Gasteiger partial charge is 0.191 e. The highest BCUT2D eigenvalue weighted by molar-refractivity contribution is 14.0. The van der Waals surface area contributed by atoms with Crippen molar-refractivity contribution >= 4 is 29.9 Å². The number of guanidine groups is 1. The summed E-state index contributed by atoms with van der Waals surface area (Å²) in [6.07, 6.45) is 6.18. The van der Waals surface area contributed by atoms with E-state index in [9.17, 15) is 0 Å². The maximum atomic E-state index is 5.68. The predicted molar refractivity (Wildman–Crippen MR) is 123 cm³/mol. The molecule has 154 valence electrons. The second-order valence-electron chi connectivity index (χ2n) is 7.51. The maximum Gasteiger partial charge on any atom is 0.191 e. The van der Waals surface area contributed by atoms with Crippen molar-refractivity contribution in [2.24, 2.45) is 10.4 Å². The van der Waals surface area contributed by atoms with Gasteiger partial charge in [-0.05, 0) is 62.6 Å². The summed E-state index contributed by atoms with van der Waals surface area (Å²) < 4.78 is 11.0. The second-order valence-corrected chi connectivity index (χ2v) is 7.51. The third-order valence-electron chi connectivity index (χ3n) is 5.11. The molecule has 0 atom stereocenters. The van der Waals surface area contributed by atoms with Gasteiger partial charge in [-0.1, -0.05) is 18.6 Å². The molecule has 6 heteroatoms. The fourth-order valence-electron chi connectivity index (χ4n) is 3.33. The van der Waals surface area contributed by atoms with Crippen LogP contribution in [-0.4, -0.2) is 45.9 Å². The van der Waals surface area contributed by atoms with Gasteiger partial charge in [0.2, 0.25) is 0 Å². The summed E-state index contributed by atoms with van der Waals surface area (Å²) in [6.45, 7) is 6.75. The molecular formula is C21H36IN3O2. The fraction of sp³-hybridized carbons (Fsp3) is 0.667. The number of hydrogen-bond acceptors (Lipinski definition) is 3. The topological polar surface area (TPSA) is 54.9 Å². The first-order valence-corrected chi connectivity index (χ1v) is 9.76. The first kappa shape index (κ1) is 24.0. The summed E-state index contributed by atoms with van der Waals surface area (Å²) >= 11 is 0. The van der Waals surface area contributed by atoms with Crippen LogP contribution in [0.3, 0.4) is 0 Å². The van der Waals surface area contributed by atoms with Crippen LogP contribution in [0.25, 0.3) is 0 Å². The van der Waals surface area contributed by atoms with E-state index in [0.29, 0.717) is 5.41 Å². The molecule has 0 aromatic heterocycles. The molecule has 0 heterocycles. The molecule has 1 aromatic carbocycles. The molecule has 27 heavy (non-hydrogen) atoms. The van der Waals surface area contributed by atoms with E-state index in [-0.39, 0.29) is 30.1 Å². The molecule has 0 saturated heterocycles. The lowest BCUT2D eigenvalue weighted by Crippen LogP contribution is -2.47. The SMILES string of the molecule is CN=C(NCCc1ccc(OC(C)C)cc1)NCC1(CCOC)CCC1.I. The van der Waals surface area contributed by atoms with Crippen molar-refractivity contribution < 1.29 is 9.47 Å². The molecule has 1 fully saturated rings. The van der Waals surface area contributed by atoms with Crippen molar-refractivity contribution in [1.29, 1.82) is 0 Å². The number of benzene rings is 1. The number of rotatable bonds is 10. The van der Waals surface area contributed by atoms with E-state index in [1.54, 1.807) is 7.11 Å². The summed E-state index contributed by atoms with van der Waals surface area (Å²) in [7, 11) is 3.61. The van der Waals surface area contributed by atoms with Crippen LogP contribution in [-0.2, 0) is 11.2 Å². The van der Waals surface area contributed by atoms with Crippen LogP contribution in [0.1, 0.15) is 45.1 Å². The van der Waals surface area contributed by atoms with Crippen LogP contribution < -0.4 is 15.4 Å². The average molecular weight is 489 g/mol. The Kier molecular flexibility index (Phi) is 11.1. The zero-order valence-corrected chi connectivity index (χ0v) is 19.5. The molecule has 0 bridgehead atoms. The second kappa shape index (κ2) is 12.4. The average Bonchev–Trinajstić information content (AvgIpc) is 2.60. The largest absolute Gasteiger partial charge is 0.491 e. The summed E-state index contributed by atoms with van der Waals surface area (Å²) in [5.74, 6) is 1.81. The van der Waals surface area contributed by atoms with Crippen LogP contribution in [0.2, 0.25) is 0 Å². The molecule has 2 rings (SSSR count). The minimum absolute atomic E-state index is 0. The van der Waals surface area contributed by atoms with Crippen LogP contribution in [0.4, 0.5) is 0 Å². The molecule has 1 aromatic rings. The Labute approximate surface area is 181 Å². The minimum atomic E-state index is 0. The lowest BCUT2D eigenvalue weighted by atomic mass is 9.67. The zero-order valence-electron chi connectivity index (χ0n) is 17.2. The molecule has 0 spiro atoms. The lowest BCUT2D eigenvalue weighted by molar-refractivity contribution is 0.0732. The quantitative estimate of drug-likeness (QED) is 0.296. The predicted octanol–water partition coefficient (Wildman–Crippen LogP) is 4.01. The zero-order chi connectivity index (χ0) is 18.8. The maximum absolute atomic E-state index is 5.68. The van der Waals surface area contributed by atoms with Crippen molar-refractivity contribution in [3.05, 3.63) is 29.8 Å². The number of nitrogens with one attached hydrogen (secondary N) is 2. The summed E-state index contributed by atoms with van der Waals surface area (Å²) in [6, 6.07) is 8.34. The van der Waals surface area contributed by atoms with Gasteiger partial charge in [-0.3, -0.25) is 4.99 Å². The number of aliphatic imine (C=N–C) groups is 1. The Hall–Kier alpha value is -1.02. The molecule has 1 saturated carbocycles. The van der Waals surface area contributed by atoms with E-state index in [1.807, 2.05) is 33.0 Å². The first-order valence-electron chi connectivity index (χ1n) is 9.76. The van der Waals surface area contributed by atoms with Gasteiger partial charge >= 0.3 is 0 Å². The van der Waals surface area contributed by atoms with Gasteiger partial charge in [-0.15, -0.1) is 24.0 Å². The van der Waals surface area contributed by atoms with Crippen molar-refractivity contribution in [2.45, 2.75) is 52.1 Å². The lowest BCUT2D eigenvalue weighted by Gasteiger charge is -2.42. The van der Waals surface area contributed by atoms with Gasteiger partial charge in [-0.2, -0.15) is 0 Å². The van der Waals surface area contributed by atoms with E-state index in [2.05, 4.69) is 27.8 Å². The molecule has 0 radical (unpaired) electrons. The number of hydrogen-bond donors (Lipinski definition) is 2. The van der Waals surface area contributed by atoms with Crippen molar-refractivity contribution in [3.8, 4) is 5.75 Å². The van der Waals surface area contributed by atoms with Gasteiger partial charge in [-0.25, -0.2) is 0 Å². The van der Waals surface area contributed by atoms with E-state index in [1.165, 1.54) is 24.8 Å². The van der Waals surface area contributed by atoms with Gasteiger partial charge in [0.25, 0.3) is 0 Å². The fourth-order valence-corrected chi connectivity index (χ4v) is 3.33. The number of methoxy groups -OCH3 is 1. The molecule has 0 unspecified atom stereocenters. The van der Waals surface area contributed by atoms with Crippen LogP contribution >= 0.6 is 24.0 Å². The highest BCUT2D eigenvalue weighted by Gasteiger charge is 2.36. The molecule has 5 nitrogen and oxygen atoms in total. The summed E-state index contributed by atoms with van der Waals surface area (Å²) in [5.41, 5.74) is 1.68. The van der Waals surface area contributed by atoms with Crippen molar-refractivity contribution in [2.75, 3.05) is 33.9 Å². The van der Waals surface area contributed by atoms with Crippen LogP contribution in [0.5, 0.6) is 5.75 Å². The van der Waals surface area contributed by atoms with E-state index >= 15 is 0 Å². The van der Waals surface area contributed by atoms with Gasteiger partial charge in [0, 0.05) is 33.9 Å². The van der Waals surface area contributed by atoms with E-state index < -0.39 is 0 Å². The van der Waals surface area contributed by atoms with Crippen LogP contribution in [0, 0.1) is 5.41 Å². The molecule has 2 N–H and O–H groups in total. The Morgan fingerprint density at radius 2 is 1.89 bits per heavy atom. The molecular weight excluding hydrogens is 453 g/mol. The van der Waals surface area contributed by atoms with Gasteiger partial charge in [0.1, 0.15) is 5.75 Å². The monoisotopic (exact) mass is 489 g/mol. The van der Waals surface area contributed by atoms with Crippen molar-refractivity contribution in [3.63, 3.8) is 0 Å². The summed E-state index contributed by atoms with van der Waals surface area (Å²) in [4.78, 5) is 4.35. The molecule has 0 aliphatic heterocycles. The standard InChI is InChI=1S/C21H35N3O2.HI/c1-17(2)26-19-8-6-18(7-9-19)10-14-23-20(22-3)24-16-21(11-5-12-21)13-15-25-4;/h6-9,17H,5,10-16H2,1-4H3,(H2,22,23,24);1H. The third kappa shape index (κ3) is 8.25. The minimum Gasteiger partial charge on any atom is -0.491 e. The number of halogens is 1. The highest BCUT2D eigenvalue weighted by atomic mass is 127. The van der Waals surface area contributed by atoms with E-state index in [0.717, 1.165) is 44.2 Å². The van der Waals surface area contributed by atoms with Gasteiger partial charge in [0.05, 0.1) is 6.10 Å². The molecule has 0 amide bonds. The van der Waals surface area contributed by atoms with Crippen LogP contribution in [0.15, 0.2) is 29.3 Å². The Morgan fingerprint density at radius 3 is 2.41 bits per heavy atom. The van der Waals surface area contributed by atoms with E-state index in [4.69, 9.17) is 9.47 Å². The number of ether oxygens (including phenoxy) is 2. The van der Waals surface area contributed by atoms with Gasteiger partial charge in [0.15, 0.2) is 5.96 Å². The first-order chi connectivity index (χ1) is 12.6. The van der Waals surface area contributed by atoms with Crippen molar-refractivity contribution in [1.82, 2.24) is 10.6 Å². The molecule has 1 aliphatic rings. The van der Waals surface area contributed by atoms with Gasteiger partial charge < -0.3 is 20.1 Å². The Balaban J connectivity index is 0.00000364. The molecule has 1 aliphatic carbocycles. The number of nitrogens with zero attached hydrogens (tertiary/aromatic N) is 1. The highest BCUT2D eigenvalue weighted by Crippen LogP contribution is 2.43. The Morgan fingerprint density at radius 1 is 1.19 bits per heavy atom. The normalized spacial score (nSPS) is 15.7. The Bertz CT molecular complexity index is 557. The summed E-state index contributed by atoms with van der Waals surface area (Å²) in [5, 5.41) is 6.92. The third-order valence-corrected chi connectivity index (χ3v) is 5.11.